The van der Waals surface area contributed by atoms with Crippen molar-refractivity contribution in [2.75, 3.05) is 6.61 Å². The van der Waals surface area contributed by atoms with Gasteiger partial charge in [0.15, 0.2) is 5.69 Å². The quantitative estimate of drug-likeness (QED) is 0.639. The molecule has 0 spiro atoms. The summed E-state index contributed by atoms with van der Waals surface area (Å²) in [6.45, 7) is 7.76. The normalized spacial score (nSPS) is 23.0. The third-order valence-corrected chi connectivity index (χ3v) is 6.30. The third kappa shape index (κ3) is 4.20. The number of hydrogen-bond donors (Lipinski definition) is 3. The van der Waals surface area contributed by atoms with Gasteiger partial charge in [0.2, 0.25) is 0 Å². The number of amides is 1. The molecule has 1 heterocycles. The SMILES string of the molecule is C/C=C(\N=C/C=N)n1nc(C(=O)N[C@H](CO)C(C)(C)C)c2c1C1CCCC1CC2. The molecule has 2 aliphatic carbocycles. The zero-order valence-corrected chi connectivity index (χ0v) is 17.9. The van der Waals surface area contributed by atoms with Crippen LogP contribution >= 0.6 is 0 Å². The number of aliphatic hydroxyl groups excluding tert-OH is 1. The van der Waals surface area contributed by atoms with E-state index >= 15 is 0 Å². The number of rotatable bonds is 6. The van der Waals surface area contributed by atoms with Crippen LogP contribution in [0.2, 0.25) is 0 Å². The van der Waals surface area contributed by atoms with E-state index in [4.69, 9.17) is 10.5 Å². The van der Waals surface area contributed by atoms with Crippen LogP contribution in [0.1, 0.15) is 81.0 Å². The Hall–Kier alpha value is -2.28. The first kappa shape index (κ1) is 21.4. The first-order chi connectivity index (χ1) is 13.8. The van der Waals surface area contributed by atoms with Crippen LogP contribution in [0.25, 0.3) is 5.82 Å². The van der Waals surface area contributed by atoms with Gasteiger partial charge in [0.1, 0.15) is 5.82 Å². The molecule has 3 atom stereocenters. The van der Waals surface area contributed by atoms with Gasteiger partial charge < -0.3 is 15.8 Å². The number of nitrogens with one attached hydrogen (secondary N) is 2. The van der Waals surface area contributed by atoms with E-state index < -0.39 is 0 Å². The van der Waals surface area contributed by atoms with Crippen LogP contribution in [0.5, 0.6) is 0 Å². The number of aromatic nitrogens is 2. The predicted octanol–water partition coefficient (Wildman–Crippen LogP) is 3.39. The smallest absolute Gasteiger partial charge is 0.272 e. The lowest BCUT2D eigenvalue weighted by atomic mass is 9.79. The fraction of sp³-hybridized carbons (Fsp3) is 0.636. The predicted molar refractivity (Wildman–Crippen MR) is 116 cm³/mol. The fourth-order valence-corrected chi connectivity index (χ4v) is 4.65. The molecule has 0 saturated heterocycles. The van der Waals surface area contributed by atoms with E-state index in [-0.39, 0.29) is 24.0 Å². The summed E-state index contributed by atoms with van der Waals surface area (Å²) < 4.78 is 1.82. The Labute approximate surface area is 172 Å². The Balaban J connectivity index is 2.05. The molecular weight excluding hydrogens is 366 g/mol. The summed E-state index contributed by atoms with van der Waals surface area (Å²) in [6.07, 6.45) is 9.89. The average molecular weight is 400 g/mol. The van der Waals surface area contributed by atoms with E-state index in [1.807, 2.05) is 38.5 Å². The van der Waals surface area contributed by atoms with E-state index in [0.717, 1.165) is 36.7 Å². The van der Waals surface area contributed by atoms with Gasteiger partial charge in [-0.15, -0.1) is 0 Å². The van der Waals surface area contributed by atoms with Gasteiger partial charge in [0.05, 0.1) is 18.3 Å². The van der Waals surface area contributed by atoms with E-state index in [2.05, 4.69) is 10.3 Å². The van der Waals surface area contributed by atoms with Crippen molar-refractivity contribution in [3.05, 3.63) is 23.0 Å². The third-order valence-electron chi connectivity index (χ3n) is 6.30. The summed E-state index contributed by atoms with van der Waals surface area (Å²) >= 11 is 0. The fourth-order valence-electron chi connectivity index (χ4n) is 4.65. The van der Waals surface area contributed by atoms with Crippen molar-refractivity contribution < 1.29 is 9.90 Å². The number of allylic oxidation sites excluding steroid dienone is 1. The molecule has 7 heteroatoms. The number of carbonyl (C=O) groups excluding carboxylic acids is 1. The van der Waals surface area contributed by atoms with E-state index in [0.29, 0.717) is 23.4 Å². The van der Waals surface area contributed by atoms with Crippen LogP contribution in [0.3, 0.4) is 0 Å². The Kier molecular flexibility index (Phi) is 6.36. The van der Waals surface area contributed by atoms with Crippen molar-refractivity contribution in [1.29, 1.82) is 5.41 Å². The summed E-state index contributed by atoms with van der Waals surface area (Å²) in [6, 6.07) is -0.351. The highest BCUT2D eigenvalue weighted by atomic mass is 16.3. The van der Waals surface area contributed by atoms with Crippen molar-refractivity contribution in [1.82, 2.24) is 15.1 Å². The van der Waals surface area contributed by atoms with Crippen molar-refractivity contribution in [2.24, 2.45) is 16.3 Å². The molecule has 0 radical (unpaired) electrons. The Morgan fingerprint density at radius 1 is 1.41 bits per heavy atom. The molecule has 1 fully saturated rings. The first-order valence-electron chi connectivity index (χ1n) is 10.5. The molecule has 7 nitrogen and oxygen atoms in total. The number of hydrogen-bond acceptors (Lipinski definition) is 5. The minimum absolute atomic E-state index is 0.118. The van der Waals surface area contributed by atoms with Crippen LogP contribution in [0.4, 0.5) is 0 Å². The van der Waals surface area contributed by atoms with Gasteiger partial charge in [-0.05, 0) is 50.0 Å². The zero-order chi connectivity index (χ0) is 21.2. The lowest BCUT2D eigenvalue weighted by Gasteiger charge is -2.30. The van der Waals surface area contributed by atoms with Crippen molar-refractivity contribution in [3.8, 4) is 0 Å². The number of nitrogens with zero attached hydrogens (tertiary/aromatic N) is 3. The van der Waals surface area contributed by atoms with Crippen LogP contribution < -0.4 is 5.32 Å². The minimum atomic E-state index is -0.351. The van der Waals surface area contributed by atoms with Crippen LogP contribution in [-0.2, 0) is 6.42 Å². The molecule has 2 aliphatic rings. The van der Waals surface area contributed by atoms with E-state index in [1.54, 1.807) is 0 Å². The molecule has 1 aromatic heterocycles. The molecule has 0 aromatic carbocycles. The zero-order valence-electron chi connectivity index (χ0n) is 17.9. The molecule has 0 bridgehead atoms. The second kappa shape index (κ2) is 8.61. The van der Waals surface area contributed by atoms with Crippen LogP contribution in [-0.4, -0.2) is 45.9 Å². The maximum absolute atomic E-state index is 13.2. The van der Waals surface area contributed by atoms with E-state index in [1.165, 1.54) is 19.1 Å². The molecule has 1 aromatic rings. The summed E-state index contributed by atoms with van der Waals surface area (Å²) in [5.74, 6) is 1.43. The topological polar surface area (TPSA) is 103 Å². The Morgan fingerprint density at radius 2 is 2.17 bits per heavy atom. The standard InChI is InChI=1S/C22H33N5O2/c1-5-18(24-12-11-23)27-20-15-8-6-7-14(15)9-10-16(20)19(26-27)21(29)25-17(13-28)22(2,3)4/h5,11-12,14-15,17,23,28H,6-10,13H2,1-4H3,(H,25,29)/b18-5+,23-11?,24-12-/t14?,15?,17-/m1/s1. The molecule has 2 unspecified atom stereocenters. The molecular formula is C22H33N5O2. The first-order valence-corrected chi connectivity index (χ1v) is 10.5. The number of carbonyl (C=O) groups is 1. The van der Waals surface area contributed by atoms with Gasteiger partial charge in [-0.2, -0.15) is 5.10 Å². The van der Waals surface area contributed by atoms with Gasteiger partial charge in [0, 0.05) is 23.9 Å². The molecule has 3 rings (SSSR count). The molecule has 1 amide bonds. The van der Waals surface area contributed by atoms with Gasteiger partial charge in [-0.25, -0.2) is 9.67 Å². The number of aliphatic hydroxyl groups is 1. The molecule has 3 N–H and O–H groups in total. The van der Waals surface area contributed by atoms with Crippen molar-refractivity contribution in [3.63, 3.8) is 0 Å². The lowest BCUT2D eigenvalue weighted by Crippen LogP contribution is -2.46. The van der Waals surface area contributed by atoms with Gasteiger partial charge in [-0.3, -0.25) is 4.79 Å². The lowest BCUT2D eigenvalue weighted by molar-refractivity contribution is 0.0841. The Morgan fingerprint density at radius 3 is 2.79 bits per heavy atom. The van der Waals surface area contributed by atoms with E-state index in [9.17, 15) is 9.90 Å². The molecule has 0 aliphatic heterocycles. The van der Waals surface area contributed by atoms with Crippen molar-refractivity contribution >= 4 is 24.2 Å². The summed E-state index contributed by atoms with van der Waals surface area (Å²) in [5, 5.41) is 24.7. The minimum Gasteiger partial charge on any atom is -0.394 e. The summed E-state index contributed by atoms with van der Waals surface area (Å²) in [4.78, 5) is 17.5. The number of fused-ring (bicyclic) bond motifs is 3. The second-order valence-corrected chi connectivity index (χ2v) is 9.13. The highest BCUT2D eigenvalue weighted by Gasteiger charge is 2.40. The largest absolute Gasteiger partial charge is 0.394 e. The van der Waals surface area contributed by atoms with Crippen LogP contribution in [0.15, 0.2) is 11.1 Å². The molecule has 158 valence electrons. The number of aliphatic imine (C=N–C) groups is 1. The average Bonchev–Trinajstić information content (AvgIpc) is 3.30. The molecule has 29 heavy (non-hydrogen) atoms. The van der Waals surface area contributed by atoms with Gasteiger partial charge >= 0.3 is 0 Å². The maximum atomic E-state index is 13.2. The summed E-state index contributed by atoms with van der Waals surface area (Å²) in [5.41, 5.74) is 2.31. The van der Waals surface area contributed by atoms with Crippen molar-refractivity contribution in [2.45, 2.75) is 71.8 Å². The van der Waals surface area contributed by atoms with Gasteiger partial charge in [-0.1, -0.05) is 27.2 Å². The monoisotopic (exact) mass is 399 g/mol. The maximum Gasteiger partial charge on any atom is 0.272 e. The summed E-state index contributed by atoms with van der Waals surface area (Å²) in [7, 11) is 0. The van der Waals surface area contributed by atoms with Gasteiger partial charge in [0.25, 0.3) is 5.91 Å². The second-order valence-electron chi connectivity index (χ2n) is 9.13. The highest BCUT2D eigenvalue weighted by Crippen LogP contribution is 2.48. The van der Waals surface area contributed by atoms with Crippen LogP contribution in [0, 0.1) is 16.7 Å². The Bertz CT molecular complexity index is 831. The highest BCUT2D eigenvalue weighted by molar-refractivity contribution is 6.15. The molecule has 1 saturated carbocycles.